The van der Waals surface area contributed by atoms with E-state index in [4.69, 9.17) is 10.00 Å². The summed E-state index contributed by atoms with van der Waals surface area (Å²) in [6.07, 6.45) is 3.38. The first-order chi connectivity index (χ1) is 14.8. The first-order valence-electron chi connectivity index (χ1n) is 10.5. The molecule has 3 aromatic rings. The highest BCUT2D eigenvalue weighted by Gasteiger charge is 2.17. The molecule has 1 unspecified atom stereocenters. The van der Waals surface area contributed by atoms with Crippen LogP contribution in [0.25, 0.3) is 0 Å². The molecule has 0 saturated carbocycles. The van der Waals surface area contributed by atoms with E-state index in [0.29, 0.717) is 11.6 Å². The summed E-state index contributed by atoms with van der Waals surface area (Å²) < 4.78 is 5.89. The molecule has 0 spiro atoms. The molecule has 0 bridgehead atoms. The Balaban J connectivity index is 1.27. The first-order valence-corrected chi connectivity index (χ1v) is 10.5. The van der Waals surface area contributed by atoms with Crippen molar-refractivity contribution < 1.29 is 4.74 Å². The second-order valence-electron chi connectivity index (χ2n) is 7.83. The molecule has 4 nitrogen and oxygen atoms in total. The average molecular weight is 398 g/mol. The van der Waals surface area contributed by atoms with E-state index in [2.05, 4.69) is 52.7 Å². The van der Waals surface area contributed by atoms with Crippen molar-refractivity contribution in [1.29, 1.82) is 5.26 Å². The van der Waals surface area contributed by atoms with E-state index in [1.54, 1.807) is 0 Å². The second kappa shape index (κ2) is 10.1. The molecular weight excluding hydrogens is 370 g/mol. The van der Waals surface area contributed by atoms with Gasteiger partial charge in [-0.1, -0.05) is 42.5 Å². The Morgan fingerprint density at radius 2 is 1.60 bits per heavy atom. The fourth-order valence-corrected chi connectivity index (χ4v) is 3.86. The molecule has 0 amide bonds. The fraction of sp³-hybridized carbons (Fsp3) is 0.269. The number of hydrogen-bond acceptors (Lipinski definition) is 4. The molecule has 1 aliphatic heterocycles. The summed E-state index contributed by atoms with van der Waals surface area (Å²) in [4.78, 5) is 2.44. The number of hydrogen-bond donors (Lipinski definition) is 1. The Bertz CT molecular complexity index is 962. The Kier molecular flexibility index (Phi) is 6.76. The van der Waals surface area contributed by atoms with Crippen LogP contribution in [0.4, 0.5) is 0 Å². The van der Waals surface area contributed by atoms with Crippen LogP contribution in [-0.4, -0.2) is 24.2 Å². The lowest BCUT2D eigenvalue weighted by atomic mass is 10.0. The lowest BCUT2D eigenvalue weighted by Crippen LogP contribution is -2.37. The van der Waals surface area contributed by atoms with Crippen LogP contribution in [0.1, 0.15) is 29.5 Å². The van der Waals surface area contributed by atoms with Gasteiger partial charge in [0.25, 0.3) is 0 Å². The molecule has 1 heterocycles. The molecule has 0 aromatic heterocycles. The van der Waals surface area contributed by atoms with Gasteiger partial charge in [0.05, 0.1) is 11.6 Å². The van der Waals surface area contributed by atoms with Gasteiger partial charge in [0.15, 0.2) is 0 Å². The van der Waals surface area contributed by atoms with Gasteiger partial charge in [0, 0.05) is 19.3 Å². The lowest BCUT2D eigenvalue weighted by molar-refractivity contribution is 0.257. The van der Waals surface area contributed by atoms with Crippen molar-refractivity contribution in [3.8, 4) is 17.6 Å². The van der Waals surface area contributed by atoms with Crippen LogP contribution >= 0.6 is 0 Å². The molecule has 1 N–H and O–H groups in total. The van der Waals surface area contributed by atoms with Gasteiger partial charge in [0.1, 0.15) is 11.5 Å². The Hall–Kier alpha value is -3.13. The molecule has 4 rings (SSSR count). The van der Waals surface area contributed by atoms with E-state index < -0.39 is 0 Å². The topological polar surface area (TPSA) is 48.3 Å². The number of para-hydroxylation sites is 1. The van der Waals surface area contributed by atoms with Crippen molar-refractivity contribution in [3.63, 3.8) is 0 Å². The van der Waals surface area contributed by atoms with Crippen molar-refractivity contribution in [2.45, 2.75) is 31.8 Å². The number of ether oxygens (including phenoxy) is 1. The predicted octanol–water partition coefficient (Wildman–Crippen LogP) is 5.10. The molecular formula is C26H27N3O. The van der Waals surface area contributed by atoms with Crippen molar-refractivity contribution in [3.05, 3.63) is 95.6 Å². The van der Waals surface area contributed by atoms with E-state index >= 15 is 0 Å². The second-order valence-corrected chi connectivity index (χ2v) is 7.83. The molecule has 4 heteroatoms. The SMILES string of the molecule is N#Cc1ccc(CN2CCCC(Cc3ccc(Oc4ccccc4)cc3)NC2)cc1. The largest absolute Gasteiger partial charge is 0.457 e. The van der Waals surface area contributed by atoms with E-state index in [0.717, 1.165) is 37.7 Å². The predicted molar refractivity (Wildman–Crippen MR) is 119 cm³/mol. The maximum absolute atomic E-state index is 8.94. The number of nitrogens with one attached hydrogen (secondary N) is 1. The quantitative estimate of drug-likeness (QED) is 0.628. The zero-order valence-electron chi connectivity index (χ0n) is 17.1. The molecule has 1 saturated heterocycles. The molecule has 0 radical (unpaired) electrons. The van der Waals surface area contributed by atoms with Gasteiger partial charge in [0.2, 0.25) is 0 Å². The highest BCUT2D eigenvalue weighted by molar-refractivity contribution is 5.33. The van der Waals surface area contributed by atoms with E-state index in [-0.39, 0.29) is 0 Å². The van der Waals surface area contributed by atoms with Gasteiger partial charge in [-0.2, -0.15) is 5.26 Å². The van der Waals surface area contributed by atoms with Gasteiger partial charge in [-0.25, -0.2) is 0 Å². The zero-order chi connectivity index (χ0) is 20.6. The average Bonchev–Trinajstić information content (AvgIpc) is 3.01. The van der Waals surface area contributed by atoms with E-state index in [9.17, 15) is 0 Å². The summed E-state index contributed by atoms with van der Waals surface area (Å²) in [7, 11) is 0. The Labute approximate surface area is 178 Å². The first kappa shape index (κ1) is 20.2. The zero-order valence-corrected chi connectivity index (χ0v) is 17.1. The van der Waals surface area contributed by atoms with Crippen LogP contribution in [0, 0.1) is 11.3 Å². The highest BCUT2D eigenvalue weighted by atomic mass is 16.5. The van der Waals surface area contributed by atoms with Crippen LogP contribution in [0.2, 0.25) is 0 Å². The summed E-state index contributed by atoms with van der Waals surface area (Å²) in [5.74, 6) is 1.73. The number of nitrogens with zero attached hydrogens (tertiary/aromatic N) is 2. The van der Waals surface area contributed by atoms with Crippen molar-refractivity contribution in [1.82, 2.24) is 10.2 Å². The summed E-state index contributed by atoms with van der Waals surface area (Å²) >= 11 is 0. The third kappa shape index (κ3) is 5.70. The van der Waals surface area contributed by atoms with E-state index in [1.165, 1.54) is 24.0 Å². The molecule has 152 valence electrons. The normalized spacial score (nSPS) is 17.1. The summed E-state index contributed by atoms with van der Waals surface area (Å²) in [5.41, 5.74) is 3.30. The van der Waals surface area contributed by atoms with Crippen LogP contribution in [0.15, 0.2) is 78.9 Å². The minimum atomic E-state index is 0.483. The van der Waals surface area contributed by atoms with Crippen LogP contribution in [-0.2, 0) is 13.0 Å². The standard InChI is InChI=1S/C26H27N3O/c27-18-22-8-10-23(11-9-22)19-29-16-4-5-24(28-20-29)17-21-12-14-26(15-13-21)30-25-6-2-1-3-7-25/h1-3,6-15,24,28H,4-5,16-17,19-20H2. The summed E-state index contributed by atoms with van der Waals surface area (Å²) in [5, 5.41) is 12.7. The Morgan fingerprint density at radius 3 is 2.33 bits per heavy atom. The maximum Gasteiger partial charge on any atom is 0.127 e. The minimum absolute atomic E-state index is 0.483. The number of nitriles is 1. The van der Waals surface area contributed by atoms with Crippen molar-refractivity contribution in [2.75, 3.05) is 13.2 Å². The molecule has 30 heavy (non-hydrogen) atoms. The van der Waals surface area contributed by atoms with Crippen molar-refractivity contribution in [2.24, 2.45) is 0 Å². The summed E-state index contributed by atoms with van der Waals surface area (Å²) in [6.45, 7) is 2.89. The molecule has 1 atom stereocenters. The van der Waals surface area contributed by atoms with Gasteiger partial charge in [-0.15, -0.1) is 0 Å². The lowest BCUT2D eigenvalue weighted by Gasteiger charge is -2.21. The number of benzene rings is 3. The van der Waals surface area contributed by atoms with Gasteiger partial charge >= 0.3 is 0 Å². The smallest absolute Gasteiger partial charge is 0.127 e. The van der Waals surface area contributed by atoms with Gasteiger partial charge in [-0.3, -0.25) is 4.90 Å². The van der Waals surface area contributed by atoms with Crippen LogP contribution in [0.3, 0.4) is 0 Å². The van der Waals surface area contributed by atoms with Gasteiger partial charge in [-0.05, 0) is 73.3 Å². The third-order valence-electron chi connectivity index (χ3n) is 5.50. The molecule has 1 fully saturated rings. The third-order valence-corrected chi connectivity index (χ3v) is 5.50. The van der Waals surface area contributed by atoms with Gasteiger partial charge < -0.3 is 10.1 Å². The maximum atomic E-state index is 8.94. The van der Waals surface area contributed by atoms with Crippen LogP contribution in [0.5, 0.6) is 11.5 Å². The molecule has 0 aliphatic carbocycles. The highest BCUT2D eigenvalue weighted by Crippen LogP contribution is 2.22. The monoisotopic (exact) mass is 397 g/mol. The Morgan fingerprint density at radius 1 is 0.900 bits per heavy atom. The molecule has 3 aromatic carbocycles. The minimum Gasteiger partial charge on any atom is -0.457 e. The number of rotatable bonds is 6. The fourth-order valence-electron chi connectivity index (χ4n) is 3.86. The van der Waals surface area contributed by atoms with E-state index in [1.807, 2.05) is 42.5 Å². The molecule has 1 aliphatic rings. The summed E-state index contributed by atoms with van der Waals surface area (Å²) in [6, 6.07) is 28.9. The van der Waals surface area contributed by atoms with Crippen molar-refractivity contribution >= 4 is 0 Å². The van der Waals surface area contributed by atoms with Crippen LogP contribution < -0.4 is 10.1 Å².